The van der Waals surface area contributed by atoms with Gasteiger partial charge in [0.25, 0.3) is 0 Å². The summed E-state index contributed by atoms with van der Waals surface area (Å²) < 4.78 is 32.2. The zero-order chi connectivity index (χ0) is 20.4. The third kappa shape index (κ3) is 4.95. The predicted molar refractivity (Wildman–Crippen MR) is 104 cm³/mol. The Balaban J connectivity index is 1.35. The van der Waals surface area contributed by atoms with Gasteiger partial charge in [0.2, 0.25) is 5.91 Å². The highest BCUT2D eigenvalue weighted by Crippen LogP contribution is 2.41. The van der Waals surface area contributed by atoms with Crippen LogP contribution in [-0.2, 0) is 16.0 Å². The lowest BCUT2D eigenvalue weighted by molar-refractivity contribution is -0.135. The Bertz CT molecular complexity index is 711. The van der Waals surface area contributed by atoms with Crippen molar-refractivity contribution in [2.24, 2.45) is 5.41 Å². The van der Waals surface area contributed by atoms with Crippen molar-refractivity contribution in [3.63, 3.8) is 0 Å². The first-order chi connectivity index (χ1) is 13.9. The summed E-state index contributed by atoms with van der Waals surface area (Å²) in [6.45, 7) is 4.52. The van der Waals surface area contributed by atoms with Crippen LogP contribution >= 0.6 is 0 Å². The number of carbonyl (C=O) groups is 1. The zero-order valence-corrected chi connectivity index (χ0v) is 16.8. The van der Waals surface area contributed by atoms with E-state index < -0.39 is 11.6 Å². The molecular formula is C22H30F2N2O3. The molecule has 1 aromatic carbocycles. The first kappa shape index (κ1) is 20.7. The highest BCUT2D eigenvalue weighted by Gasteiger charge is 2.43. The minimum Gasteiger partial charge on any atom is -0.392 e. The van der Waals surface area contributed by atoms with E-state index in [1.807, 2.05) is 0 Å². The van der Waals surface area contributed by atoms with Crippen LogP contribution in [0.4, 0.5) is 8.78 Å². The van der Waals surface area contributed by atoms with Crippen LogP contribution in [0.3, 0.4) is 0 Å². The molecule has 3 saturated heterocycles. The minimum absolute atomic E-state index is 0.0124. The quantitative estimate of drug-likeness (QED) is 0.834. The molecule has 1 aromatic rings. The SMILES string of the molecule is O=C(Cc1cc(F)cc(F)c1)N1CCC2(CC1)CC(O)CN(C1CCOCC1)C2. The first-order valence-electron chi connectivity index (χ1n) is 10.7. The molecular weight excluding hydrogens is 378 g/mol. The van der Waals surface area contributed by atoms with Gasteiger partial charge in [0.15, 0.2) is 0 Å². The number of ether oxygens (including phenoxy) is 1. The van der Waals surface area contributed by atoms with Gasteiger partial charge in [-0.3, -0.25) is 9.69 Å². The maximum Gasteiger partial charge on any atom is 0.226 e. The number of likely N-dealkylation sites (tertiary alicyclic amines) is 2. The number of benzene rings is 1. The van der Waals surface area contributed by atoms with Crippen molar-refractivity contribution in [3.8, 4) is 0 Å². The number of piperidine rings is 2. The molecule has 0 radical (unpaired) electrons. The number of rotatable bonds is 3. The van der Waals surface area contributed by atoms with Gasteiger partial charge in [-0.15, -0.1) is 0 Å². The molecule has 3 heterocycles. The molecule has 5 nitrogen and oxygen atoms in total. The number of nitrogens with zero attached hydrogens (tertiary/aromatic N) is 2. The summed E-state index contributed by atoms with van der Waals surface area (Å²) in [6, 6.07) is 3.72. The highest BCUT2D eigenvalue weighted by atomic mass is 19.1. The smallest absolute Gasteiger partial charge is 0.226 e. The monoisotopic (exact) mass is 408 g/mol. The molecule has 1 unspecified atom stereocenters. The van der Waals surface area contributed by atoms with Gasteiger partial charge in [0.05, 0.1) is 12.5 Å². The summed E-state index contributed by atoms with van der Waals surface area (Å²) in [5.41, 5.74) is 0.407. The van der Waals surface area contributed by atoms with E-state index in [1.54, 1.807) is 4.90 Å². The van der Waals surface area contributed by atoms with E-state index in [1.165, 1.54) is 12.1 Å². The summed E-state index contributed by atoms with van der Waals surface area (Å²) in [5, 5.41) is 10.5. The van der Waals surface area contributed by atoms with Gasteiger partial charge in [0.1, 0.15) is 11.6 Å². The van der Waals surface area contributed by atoms with Crippen LogP contribution in [0.1, 0.15) is 37.7 Å². The van der Waals surface area contributed by atoms with Crippen LogP contribution in [0.25, 0.3) is 0 Å². The number of hydrogen-bond acceptors (Lipinski definition) is 4. The molecule has 0 aromatic heterocycles. The largest absolute Gasteiger partial charge is 0.392 e. The molecule has 3 fully saturated rings. The number of hydrogen-bond donors (Lipinski definition) is 1. The Labute approximate surface area is 170 Å². The topological polar surface area (TPSA) is 53.0 Å². The third-order valence-corrected chi connectivity index (χ3v) is 6.81. The number of carbonyl (C=O) groups excluding carboxylic acids is 1. The summed E-state index contributed by atoms with van der Waals surface area (Å²) >= 11 is 0. The van der Waals surface area contributed by atoms with E-state index in [2.05, 4.69) is 4.90 Å². The van der Waals surface area contributed by atoms with E-state index in [4.69, 9.17) is 4.74 Å². The molecule has 0 bridgehead atoms. The lowest BCUT2D eigenvalue weighted by atomic mass is 9.71. The number of aliphatic hydroxyl groups excluding tert-OH is 1. The second-order valence-corrected chi connectivity index (χ2v) is 8.97. The maximum atomic E-state index is 13.4. The Morgan fingerprint density at radius 1 is 1.14 bits per heavy atom. The molecule has 1 spiro atoms. The number of amides is 1. The van der Waals surface area contributed by atoms with Crippen LogP contribution in [0.15, 0.2) is 18.2 Å². The summed E-state index contributed by atoms with van der Waals surface area (Å²) in [6.07, 6.45) is 4.20. The van der Waals surface area contributed by atoms with Gasteiger partial charge in [-0.25, -0.2) is 8.78 Å². The van der Waals surface area contributed by atoms with Crippen molar-refractivity contribution in [3.05, 3.63) is 35.4 Å². The van der Waals surface area contributed by atoms with E-state index in [-0.39, 0.29) is 23.8 Å². The molecule has 0 aliphatic carbocycles. The van der Waals surface area contributed by atoms with Crippen molar-refractivity contribution in [2.75, 3.05) is 39.4 Å². The maximum absolute atomic E-state index is 13.4. The Hall–Kier alpha value is -1.57. The molecule has 7 heteroatoms. The molecule has 160 valence electrons. The van der Waals surface area contributed by atoms with Crippen molar-refractivity contribution < 1.29 is 23.4 Å². The highest BCUT2D eigenvalue weighted by molar-refractivity contribution is 5.78. The molecule has 29 heavy (non-hydrogen) atoms. The van der Waals surface area contributed by atoms with Crippen molar-refractivity contribution in [1.82, 2.24) is 9.80 Å². The van der Waals surface area contributed by atoms with E-state index >= 15 is 0 Å². The van der Waals surface area contributed by atoms with Crippen molar-refractivity contribution >= 4 is 5.91 Å². The fraction of sp³-hybridized carbons (Fsp3) is 0.682. The van der Waals surface area contributed by atoms with E-state index in [0.717, 1.165) is 64.5 Å². The van der Waals surface area contributed by atoms with E-state index in [9.17, 15) is 18.7 Å². The Morgan fingerprint density at radius 2 is 1.79 bits per heavy atom. The van der Waals surface area contributed by atoms with Gasteiger partial charge >= 0.3 is 0 Å². The van der Waals surface area contributed by atoms with Gasteiger partial charge in [0, 0.05) is 51.5 Å². The number of aliphatic hydroxyl groups is 1. The molecule has 1 amide bonds. The van der Waals surface area contributed by atoms with Gasteiger partial charge in [-0.2, -0.15) is 0 Å². The molecule has 0 saturated carbocycles. The predicted octanol–water partition coefficient (Wildman–Crippen LogP) is 2.36. The molecule has 1 N–H and O–H groups in total. The van der Waals surface area contributed by atoms with Crippen LogP contribution in [-0.4, -0.2) is 72.4 Å². The Morgan fingerprint density at radius 3 is 2.45 bits per heavy atom. The fourth-order valence-electron chi connectivity index (χ4n) is 5.32. The van der Waals surface area contributed by atoms with Crippen molar-refractivity contribution in [1.29, 1.82) is 0 Å². The molecule has 4 rings (SSSR count). The zero-order valence-electron chi connectivity index (χ0n) is 16.8. The molecule has 3 aliphatic rings. The van der Waals surface area contributed by atoms with Crippen molar-refractivity contribution in [2.45, 2.75) is 50.7 Å². The van der Waals surface area contributed by atoms with Crippen LogP contribution < -0.4 is 0 Å². The summed E-state index contributed by atoms with van der Waals surface area (Å²) in [7, 11) is 0. The minimum atomic E-state index is -0.658. The lowest BCUT2D eigenvalue weighted by Crippen LogP contribution is -2.57. The fourth-order valence-corrected chi connectivity index (χ4v) is 5.32. The van der Waals surface area contributed by atoms with E-state index in [0.29, 0.717) is 24.7 Å². The molecule has 1 atom stereocenters. The Kier molecular flexibility index (Phi) is 6.18. The van der Waals surface area contributed by atoms with Gasteiger partial charge in [-0.05, 0) is 55.2 Å². The van der Waals surface area contributed by atoms with Gasteiger partial charge < -0.3 is 14.7 Å². The third-order valence-electron chi connectivity index (χ3n) is 6.81. The van der Waals surface area contributed by atoms with Crippen LogP contribution in [0, 0.1) is 17.0 Å². The van der Waals surface area contributed by atoms with Gasteiger partial charge in [-0.1, -0.05) is 0 Å². The average molecular weight is 408 g/mol. The normalized spacial score (nSPS) is 26.0. The summed E-state index contributed by atoms with van der Waals surface area (Å²) in [4.78, 5) is 16.9. The number of β-amino-alcohol motifs (C(OH)–C–C–N with tert-alkyl or cyclic N) is 1. The average Bonchev–Trinajstić information content (AvgIpc) is 2.68. The molecule has 3 aliphatic heterocycles. The first-order valence-corrected chi connectivity index (χ1v) is 10.7. The number of halogens is 2. The second kappa shape index (κ2) is 8.66. The lowest BCUT2D eigenvalue weighted by Gasteiger charge is -2.51. The second-order valence-electron chi connectivity index (χ2n) is 8.97. The summed E-state index contributed by atoms with van der Waals surface area (Å²) in [5.74, 6) is -1.41. The van der Waals surface area contributed by atoms with Crippen LogP contribution in [0.2, 0.25) is 0 Å². The standard InChI is InChI=1S/C22H30F2N2O3/c23-17-9-16(10-18(24)12-17)11-21(28)25-5-3-22(4-6-25)13-20(27)14-26(15-22)19-1-7-29-8-2-19/h9-10,12,19-20,27H,1-8,11,13-15H2. The van der Waals surface area contributed by atoms with Crippen LogP contribution in [0.5, 0.6) is 0 Å².